The molecule has 0 spiro atoms. The van der Waals surface area contributed by atoms with E-state index in [0.29, 0.717) is 6.04 Å². The van der Waals surface area contributed by atoms with E-state index in [9.17, 15) is 0 Å². The van der Waals surface area contributed by atoms with Crippen LogP contribution in [0.1, 0.15) is 35.4 Å². The van der Waals surface area contributed by atoms with E-state index in [1.165, 1.54) is 34.5 Å². The van der Waals surface area contributed by atoms with Crippen LogP contribution >= 0.6 is 11.3 Å². The standard InChI is InChI=1S/C16H20N2S/c1-12(15-8-4-10-19-15)18-11-14-6-2-5-13-7-3-9-17-16(13)14/h2,4-6,8,10,12,17-18H,3,7,9,11H2,1H3/t12-/m1/s1. The number of hydrogen-bond donors (Lipinski definition) is 2. The van der Waals surface area contributed by atoms with Crippen molar-refractivity contribution in [3.8, 4) is 0 Å². The second kappa shape index (κ2) is 5.76. The van der Waals surface area contributed by atoms with Crippen LogP contribution in [-0.2, 0) is 13.0 Å². The number of anilines is 1. The molecule has 0 saturated carbocycles. The van der Waals surface area contributed by atoms with Gasteiger partial charge in [-0.05, 0) is 42.3 Å². The Morgan fingerprint density at radius 1 is 1.32 bits per heavy atom. The van der Waals surface area contributed by atoms with Crippen LogP contribution in [0.15, 0.2) is 35.7 Å². The molecule has 1 aromatic carbocycles. The summed E-state index contributed by atoms with van der Waals surface area (Å²) in [5.41, 5.74) is 4.22. The second-order valence-electron chi connectivity index (χ2n) is 5.10. The molecule has 0 amide bonds. The summed E-state index contributed by atoms with van der Waals surface area (Å²) in [6.07, 6.45) is 2.45. The predicted octanol–water partition coefficient (Wildman–Crippen LogP) is 3.96. The number of fused-ring (bicyclic) bond motifs is 1. The summed E-state index contributed by atoms with van der Waals surface area (Å²) in [6, 6.07) is 11.4. The molecule has 2 N–H and O–H groups in total. The van der Waals surface area contributed by atoms with Crippen molar-refractivity contribution in [2.24, 2.45) is 0 Å². The number of para-hydroxylation sites is 1. The van der Waals surface area contributed by atoms with Crippen LogP contribution in [0.4, 0.5) is 5.69 Å². The SMILES string of the molecule is C[C@@H](NCc1cccc2c1NCCC2)c1cccs1. The van der Waals surface area contributed by atoms with Crippen LogP contribution in [0, 0.1) is 0 Å². The number of benzene rings is 1. The molecule has 1 aliphatic rings. The molecule has 2 aromatic rings. The molecule has 0 radical (unpaired) electrons. The van der Waals surface area contributed by atoms with E-state index in [1.54, 1.807) is 0 Å². The van der Waals surface area contributed by atoms with Crippen LogP contribution in [0.3, 0.4) is 0 Å². The molecule has 1 aromatic heterocycles. The molecule has 1 atom stereocenters. The Kier molecular flexibility index (Phi) is 3.85. The van der Waals surface area contributed by atoms with Gasteiger partial charge < -0.3 is 10.6 Å². The quantitative estimate of drug-likeness (QED) is 0.880. The Morgan fingerprint density at radius 2 is 2.26 bits per heavy atom. The van der Waals surface area contributed by atoms with E-state index in [-0.39, 0.29) is 0 Å². The minimum atomic E-state index is 0.416. The van der Waals surface area contributed by atoms with Crippen LogP contribution in [0.25, 0.3) is 0 Å². The molecule has 3 heteroatoms. The molecular weight excluding hydrogens is 252 g/mol. The van der Waals surface area contributed by atoms with E-state index in [1.807, 2.05) is 11.3 Å². The van der Waals surface area contributed by atoms with Gasteiger partial charge in [-0.3, -0.25) is 0 Å². The molecule has 2 heterocycles. The third-order valence-electron chi connectivity index (χ3n) is 3.73. The molecule has 0 aliphatic carbocycles. The van der Waals surface area contributed by atoms with Crippen molar-refractivity contribution in [1.29, 1.82) is 0 Å². The van der Waals surface area contributed by atoms with Gasteiger partial charge in [0.2, 0.25) is 0 Å². The van der Waals surface area contributed by atoms with Gasteiger partial charge in [0, 0.05) is 29.7 Å². The minimum absolute atomic E-state index is 0.416. The first kappa shape index (κ1) is 12.7. The zero-order chi connectivity index (χ0) is 13.1. The van der Waals surface area contributed by atoms with Gasteiger partial charge in [0.15, 0.2) is 0 Å². The third kappa shape index (κ3) is 2.82. The lowest BCUT2D eigenvalue weighted by Gasteiger charge is -2.22. The monoisotopic (exact) mass is 272 g/mol. The van der Waals surface area contributed by atoms with Crippen molar-refractivity contribution < 1.29 is 0 Å². The second-order valence-corrected chi connectivity index (χ2v) is 6.08. The Morgan fingerprint density at radius 3 is 3.11 bits per heavy atom. The van der Waals surface area contributed by atoms with E-state index < -0.39 is 0 Å². The van der Waals surface area contributed by atoms with Crippen molar-refractivity contribution in [1.82, 2.24) is 5.32 Å². The zero-order valence-corrected chi connectivity index (χ0v) is 12.1. The van der Waals surface area contributed by atoms with Gasteiger partial charge in [-0.25, -0.2) is 0 Å². The predicted molar refractivity (Wildman–Crippen MR) is 82.8 cm³/mol. The first-order valence-corrected chi connectivity index (χ1v) is 7.84. The fraction of sp³-hybridized carbons (Fsp3) is 0.375. The van der Waals surface area contributed by atoms with Gasteiger partial charge in [-0.15, -0.1) is 11.3 Å². The van der Waals surface area contributed by atoms with Crippen LogP contribution in [-0.4, -0.2) is 6.54 Å². The van der Waals surface area contributed by atoms with Crippen molar-refractivity contribution >= 4 is 17.0 Å². The average Bonchev–Trinajstić information content (AvgIpc) is 2.99. The summed E-state index contributed by atoms with van der Waals surface area (Å²) < 4.78 is 0. The number of thiophene rings is 1. The molecular formula is C16H20N2S. The number of nitrogens with one attached hydrogen (secondary N) is 2. The summed E-state index contributed by atoms with van der Waals surface area (Å²) in [7, 11) is 0. The van der Waals surface area contributed by atoms with Gasteiger partial charge in [0.25, 0.3) is 0 Å². The Bertz CT molecular complexity index is 534. The maximum Gasteiger partial charge on any atom is 0.0418 e. The van der Waals surface area contributed by atoms with Gasteiger partial charge in [-0.1, -0.05) is 24.3 Å². The summed E-state index contributed by atoms with van der Waals surface area (Å²) >= 11 is 1.82. The molecule has 0 fully saturated rings. The lowest BCUT2D eigenvalue weighted by molar-refractivity contribution is 0.582. The molecule has 0 unspecified atom stereocenters. The normalized spacial score (nSPS) is 15.6. The van der Waals surface area contributed by atoms with Gasteiger partial charge in [0.1, 0.15) is 0 Å². The van der Waals surface area contributed by atoms with Crippen molar-refractivity contribution in [3.63, 3.8) is 0 Å². The first-order valence-electron chi connectivity index (χ1n) is 6.96. The molecule has 1 aliphatic heterocycles. The molecule has 3 rings (SSSR count). The Labute approximate surface area is 118 Å². The number of rotatable bonds is 4. The van der Waals surface area contributed by atoms with Crippen molar-refractivity contribution in [3.05, 3.63) is 51.7 Å². The van der Waals surface area contributed by atoms with E-state index in [4.69, 9.17) is 0 Å². The first-order chi connectivity index (χ1) is 9.34. The highest BCUT2D eigenvalue weighted by atomic mass is 32.1. The largest absolute Gasteiger partial charge is 0.385 e. The zero-order valence-electron chi connectivity index (χ0n) is 11.3. The summed E-state index contributed by atoms with van der Waals surface area (Å²) in [5.74, 6) is 0. The average molecular weight is 272 g/mol. The molecule has 100 valence electrons. The fourth-order valence-electron chi connectivity index (χ4n) is 2.63. The van der Waals surface area contributed by atoms with Gasteiger partial charge in [-0.2, -0.15) is 0 Å². The van der Waals surface area contributed by atoms with E-state index in [0.717, 1.165) is 13.1 Å². The molecule has 2 nitrogen and oxygen atoms in total. The topological polar surface area (TPSA) is 24.1 Å². The highest BCUT2D eigenvalue weighted by molar-refractivity contribution is 7.10. The van der Waals surface area contributed by atoms with Crippen LogP contribution < -0.4 is 10.6 Å². The Hall–Kier alpha value is -1.32. The Balaban J connectivity index is 1.70. The smallest absolute Gasteiger partial charge is 0.0418 e. The highest BCUT2D eigenvalue weighted by Gasteiger charge is 2.13. The number of aryl methyl sites for hydroxylation is 1. The summed E-state index contributed by atoms with van der Waals surface area (Å²) in [6.45, 7) is 4.26. The third-order valence-corrected chi connectivity index (χ3v) is 4.79. The molecule has 0 bridgehead atoms. The van der Waals surface area contributed by atoms with E-state index in [2.05, 4.69) is 53.3 Å². The highest BCUT2D eigenvalue weighted by Crippen LogP contribution is 2.27. The maximum absolute atomic E-state index is 3.62. The number of hydrogen-bond acceptors (Lipinski definition) is 3. The summed E-state index contributed by atoms with van der Waals surface area (Å²) in [5, 5.41) is 9.31. The maximum atomic E-state index is 3.62. The molecule has 0 saturated heterocycles. The van der Waals surface area contributed by atoms with Gasteiger partial charge in [0.05, 0.1) is 0 Å². The van der Waals surface area contributed by atoms with Gasteiger partial charge >= 0.3 is 0 Å². The lowest BCUT2D eigenvalue weighted by Crippen LogP contribution is -2.20. The lowest BCUT2D eigenvalue weighted by atomic mass is 9.99. The van der Waals surface area contributed by atoms with Crippen molar-refractivity contribution in [2.75, 3.05) is 11.9 Å². The minimum Gasteiger partial charge on any atom is -0.385 e. The van der Waals surface area contributed by atoms with Crippen LogP contribution in [0.2, 0.25) is 0 Å². The van der Waals surface area contributed by atoms with Crippen molar-refractivity contribution in [2.45, 2.75) is 32.4 Å². The fourth-order valence-corrected chi connectivity index (χ4v) is 3.39. The van der Waals surface area contributed by atoms with Crippen LogP contribution in [0.5, 0.6) is 0 Å². The molecule has 19 heavy (non-hydrogen) atoms. The van der Waals surface area contributed by atoms with E-state index >= 15 is 0 Å². The summed E-state index contributed by atoms with van der Waals surface area (Å²) in [4.78, 5) is 1.40.